The van der Waals surface area contributed by atoms with Gasteiger partial charge in [0.1, 0.15) is 6.61 Å². The van der Waals surface area contributed by atoms with Gasteiger partial charge in [0.15, 0.2) is 0 Å². The van der Waals surface area contributed by atoms with E-state index in [1.807, 2.05) is 13.8 Å². The Morgan fingerprint density at radius 1 is 1.50 bits per heavy atom. The summed E-state index contributed by atoms with van der Waals surface area (Å²) in [5.41, 5.74) is 0. The number of hydrogen-bond donors (Lipinski definition) is 2. The maximum atomic E-state index is 12.4. The zero-order chi connectivity index (χ0) is 11.2. The number of hydrogen-bond acceptors (Lipinski definition) is 2. The molecule has 0 saturated heterocycles. The second kappa shape index (κ2) is 5.90. The number of halogens is 2. The molecule has 0 fully saturated rings. The first-order chi connectivity index (χ1) is 6.37. The second-order valence-corrected chi connectivity index (χ2v) is 3.72. The highest BCUT2D eigenvalue weighted by Gasteiger charge is 2.27. The Labute approximate surface area is 82.5 Å². The standard InChI is InChI=1S/C9H17F2NO2/c1-7(2)3-4-8(14)12-5-9(10,11)6-13/h7,13H,3-6H2,1-2H3,(H,12,14). The molecule has 14 heavy (non-hydrogen) atoms. The van der Waals surface area contributed by atoms with Crippen molar-refractivity contribution in [2.24, 2.45) is 5.92 Å². The largest absolute Gasteiger partial charge is 0.390 e. The molecule has 0 aromatic heterocycles. The van der Waals surface area contributed by atoms with Crippen LogP contribution in [-0.4, -0.2) is 30.1 Å². The number of rotatable bonds is 6. The van der Waals surface area contributed by atoms with Gasteiger partial charge in [-0.2, -0.15) is 0 Å². The minimum atomic E-state index is -3.21. The van der Waals surface area contributed by atoms with E-state index >= 15 is 0 Å². The molecule has 0 unspecified atom stereocenters. The molecule has 0 aliphatic carbocycles. The highest BCUT2D eigenvalue weighted by Crippen LogP contribution is 2.10. The summed E-state index contributed by atoms with van der Waals surface area (Å²) < 4.78 is 24.9. The van der Waals surface area contributed by atoms with Crippen LogP contribution in [0.4, 0.5) is 8.78 Å². The third-order valence-electron chi connectivity index (χ3n) is 1.72. The van der Waals surface area contributed by atoms with Crippen molar-refractivity contribution in [2.75, 3.05) is 13.2 Å². The molecule has 0 aliphatic heterocycles. The molecule has 0 spiro atoms. The highest BCUT2D eigenvalue weighted by atomic mass is 19.3. The lowest BCUT2D eigenvalue weighted by Gasteiger charge is -2.14. The minimum Gasteiger partial charge on any atom is -0.390 e. The zero-order valence-corrected chi connectivity index (χ0v) is 8.52. The molecular weight excluding hydrogens is 192 g/mol. The van der Waals surface area contributed by atoms with E-state index < -0.39 is 25.0 Å². The fourth-order valence-electron chi connectivity index (χ4n) is 0.792. The van der Waals surface area contributed by atoms with Crippen molar-refractivity contribution in [3.8, 4) is 0 Å². The summed E-state index contributed by atoms with van der Waals surface area (Å²) in [5, 5.41) is 10.3. The van der Waals surface area contributed by atoms with E-state index in [0.29, 0.717) is 12.3 Å². The van der Waals surface area contributed by atoms with E-state index in [0.717, 1.165) is 0 Å². The van der Waals surface area contributed by atoms with Crippen LogP contribution in [0.25, 0.3) is 0 Å². The fourth-order valence-corrected chi connectivity index (χ4v) is 0.792. The Bertz CT molecular complexity index is 184. The van der Waals surface area contributed by atoms with Gasteiger partial charge in [-0.3, -0.25) is 4.79 Å². The smallest absolute Gasteiger partial charge is 0.287 e. The number of carbonyl (C=O) groups excluding carboxylic acids is 1. The van der Waals surface area contributed by atoms with Crippen molar-refractivity contribution in [1.82, 2.24) is 5.32 Å². The van der Waals surface area contributed by atoms with E-state index in [1.165, 1.54) is 0 Å². The maximum Gasteiger partial charge on any atom is 0.287 e. The highest BCUT2D eigenvalue weighted by molar-refractivity contribution is 5.75. The lowest BCUT2D eigenvalue weighted by Crippen LogP contribution is -2.38. The van der Waals surface area contributed by atoms with Gasteiger partial charge in [-0.25, -0.2) is 8.78 Å². The van der Waals surface area contributed by atoms with Gasteiger partial charge in [0.2, 0.25) is 5.91 Å². The molecule has 5 heteroatoms. The van der Waals surface area contributed by atoms with Gasteiger partial charge in [0, 0.05) is 6.42 Å². The minimum absolute atomic E-state index is 0.249. The van der Waals surface area contributed by atoms with Crippen molar-refractivity contribution >= 4 is 5.91 Å². The normalized spacial score (nSPS) is 11.9. The van der Waals surface area contributed by atoms with E-state index in [1.54, 1.807) is 0 Å². The molecule has 3 nitrogen and oxygen atoms in total. The third kappa shape index (κ3) is 6.77. The van der Waals surface area contributed by atoms with Crippen LogP contribution >= 0.6 is 0 Å². The average Bonchev–Trinajstić information content (AvgIpc) is 2.11. The number of amides is 1. The Morgan fingerprint density at radius 3 is 2.50 bits per heavy atom. The molecule has 0 saturated carbocycles. The first-order valence-electron chi connectivity index (χ1n) is 4.63. The van der Waals surface area contributed by atoms with Crippen LogP contribution < -0.4 is 5.32 Å². The number of aliphatic hydroxyl groups is 1. The first-order valence-corrected chi connectivity index (χ1v) is 4.63. The molecule has 0 bridgehead atoms. The summed E-state index contributed by atoms with van der Waals surface area (Å²) in [6, 6.07) is 0. The molecule has 84 valence electrons. The predicted octanol–water partition coefficient (Wildman–Crippen LogP) is 1.17. The zero-order valence-electron chi connectivity index (χ0n) is 8.52. The Morgan fingerprint density at radius 2 is 2.07 bits per heavy atom. The van der Waals surface area contributed by atoms with Crippen molar-refractivity contribution in [3.05, 3.63) is 0 Å². The summed E-state index contributed by atoms with van der Waals surface area (Å²) in [6.07, 6.45) is 0.926. The van der Waals surface area contributed by atoms with Crippen LogP contribution in [0.3, 0.4) is 0 Å². The summed E-state index contributed by atoms with van der Waals surface area (Å²) in [4.78, 5) is 11.0. The quantitative estimate of drug-likeness (QED) is 0.689. The van der Waals surface area contributed by atoms with Crippen molar-refractivity contribution in [1.29, 1.82) is 0 Å². The van der Waals surface area contributed by atoms with Gasteiger partial charge in [0.05, 0.1) is 6.54 Å². The van der Waals surface area contributed by atoms with Crippen LogP contribution in [0.5, 0.6) is 0 Å². The molecule has 0 rings (SSSR count). The second-order valence-electron chi connectivity index (χ2n) is 3.72. The molecule has 0 heterocycles. The SMILES string of the molecule is CC(C)CCC(=O)NCC(F)(F)CO. The van der Waals surface area contributed by atoms with Gasteiger partial charge in [-0.1, -0.05) is 13.8 Å². The molecule has 0 radical (unpaired) electrons. The van der Waals surface area contributed by atoms with Gasteiger partial charge >= 0.3 is 0 Å². The van der Waals surface area contributed by atoms with Gasteiger partial charge in [0.25, 0.3) is 5.92 Å². The molecule has 0 aromatic carbocycles. The number of carbonyl (C=O) groups is 1. The van der Waals surface area contributed by atoms with Crippen LogP contribution in [0.1, 0.15) is 26.7 Å². The average molecular weight is 209 g/mol. The molecular formula is C9H17F2NO2. The number of aliphatic hydroxyl groups excluding tert-OH is 1. The number of alkyl halides is 2. The van der Waals surface area contributed by atoms with Crippen molar-refractivity contribution < 1.29 is 18.7 Å². The van der Waals surface area contributed by atoms with E-state index in [-0.39, 0.29) is 6.42 Å². The molecule has 2 N–H and O–H groups in total. The predicted molar refractivity (Wildman–Crippen MR) is 49.1 cm³/mol. The first kappa shape index (κ1) is 13.3. The van der Waals surface area contributed by atoms with Crippen molar-refractivity contribution in [3.63, 3.8) is 0 Å². The Hall–Kier alpha value is -0.710. The Balaban J connectivity index is 3.64. The molecule has 0 aliphatic rings. The molecule has 1 amide bonds. The topological polar surface area (TPSA) is 49.3 Å². The summed E-state index contributed by atoms with van der Waals surface area (Å²) in [7, 11) is 0. The van der Waals surface area contributed by atoms with Gasteiger partial charge in [-0.05, 0) is 12.3 Å². The monoisotopic (exact) mass is 209 g/mol. The molecule has 0 atom stereocenters. The van der Waals surface area contributed by atoms with Crippen LogP contribution in [0.2, 0.25) is 0 Å². The lowest BCUT2D eigenvalue weighted by atomic mass is 10.1. The van der Waals surface area contributed by atoms with E-state index in [9.17, 15) is 13.6 Å². The maximum absolute atomic E-state index is 12.4. The van der Waals surface area contributed by atoms with Gasteiger partial charge < -0.3 is 10.4 Å². The van der Waals surface area contributed by atoms with Crippen LogP contribution in [-0.2, 0) is 4.79 Å². The van der Waals surface area contributed by atoms with Crippen LogP contribution in [0, 0.1) is 5.92 Å². The summed E-state index contributed by atoms with van der Waals surface area (Å²) in [6.45, 7) is 1.88. The van der Waals surface area contributed by atoms with E-state index in [4.69, 9.17) is 5.11 Å². The Kier molecular flexibility index (Phi) is 5.60. The summed E-state index contributed by atoms with van der Waals surface area (Å²) in [5.74, 6) is -3.24. The van der Waals surface area contributed by atoms with Crippen LogP contribution in [0.15, 0.2) is 0 Å². The van der Waals surface area contributed by atoms with E-state index in [2.05, 4.69) is 5.32 Å². The summed E-state index contributed by atoms with van der Waals surface area (Å²) >= 11 is 0. The number of nitrogens with one attached hydrogen (secondary N) is 1. The lowest BCUT2D eigenvalue weighted by molar-refractivity contribution is -0.124. The van der Waals surface area contributed by atoms with Gasteiger partial charge in [-0.15, -0.1) is 0 Å². The fraction of sp³-hybridized carbons (Fsp3) is 0.889. The van der Waals surface area contributed by atoms with Crippen molar-refractivity contribution in [2.45, 2.75) is 32.6 Å². The molecule has 0 aromatic rings. The third-order valence-corrected chi connectivity index (χ3v) is 1.72.